The Kier molecular flexibility index (Phi) is 9.54. The highest BCUT2D eigenvalue weighted by molar-refractivity contribution is 8.03. The standard InChI is InChI=1S/C31H29ClN4O3S/c1-4-39-26-13-9-8-12-23(26)29-24(17-33)31(40-18-27(37)35-22-15-14-19(2)25(32)16-22)34-20(3)28(29)30(38)36-21-10-6-5-7-11-21/h5-16,29,34H,4,18H2,1-3H3,(H,35,37)(H,36,38)/t29-/m1/s1. The molecule has 1 aliphatic rings. The minimum absolute atomic E-state index is 0.0393. The van der Waals surface area contributed by atoms with E-state index in [9.17, 15) is 14.9 Å². The average molecular weight is 573 g/mol. The largest absolute Gasteiger partial charge is 0.494 e. The highest BCUT2D eigenvalue weighted by atomic mass is 35.5. The van der Waals surface area contributed by atoms with Crippen LogP contribution in [0.15, 0.2) is 94.7 Å². The number of rotatable bonds is 9. The van der Waals surface area contributed by atoms with Crippen molar-refractivity contribution in [3.63, 3.8) is 0 Å². The number of nitrogens with zero attached hydrogens (tertiary/aromatic N) is 1. The summed E-state index contributed by atoms with van der Waals surface area (Å²) in [7, 11) is 0. The molecule has 0 saturated heterocycles. The van der Waals surface area contributed by atoms with Gasteiger partial charge in [-0.3, -0.25) is 9.59 Å². The van der Waals surface area contributed by atoms with E-state index in [1.807, 2.05) is 62.4 Å². The Morgan fingerprint density at radius 1 is 1.02 bits per heavy atom. The van der Waals surface area contributed by atoms with Gasteiger partial charge in [-0.25, -0.2) is 0 Å². The normalized spacial score (nSPS) is 14.7. The molecule has 1 aliphatic heterocycles. The van der Waals surface area contributed by atoms with Crippen LogP contribution in [0.5, 0.6) is 5.75 Å². The van der Waals surface area contributed by atoms with Crippen molar-refractivity contribution in [1.82, 2.24) is 5.32 Å². The van der Waals surface area contributed by atoms with E-state index in [2.05, 4.69) is 22.0 Å². The van der Waals surface area contributed by atoms with Gasteiger partial charge in [0.2, 0.25) is 5.91 Å². The molecule has 0 radical (unpaired) electrons. The number of carbonyl (C=O) groups is 2. The maximum atomic E-state index is 13.7. The Morgan fingerprint density at radius 3 is 2.45 bits per heavy atom. The molecule has 7 nitrogen and oxygen atoms in total. The molecule has 1 atom stereocenters. The minimum atomic E-state index is -0.709. The van der Waals surface area contributed by atoms with Crippen LogP contribution in [0.25, 0.3) is 0 Å². The van der Waals surface area contributed by atoms with Crippen molar-refractivity contribution in [3.8, 4) is 11.8 Å². The van der Waals surface area contributed by atoms with Crippen molar-refractivity contribution in [2.24, 2.45) is 0 Å². The van der Waals surface area contributed by atoms with Gasteiger partial charge >= 0.3 is 0 Å². The molecule has 3 N–H and O–H groups in total. The van der Waals surface area contributed by atoms with E-state index in [4.69, 9.17) is 16.3 Å². The summed E-state index contributed by atoms with van der Waals surface area (Å²) in [4.78, 5) is 26.4. The maximum Gasteiger partial charge on any atom is 0.254 e. The third-order valence-corrected chi connectivity index (χ3v) is 7.68. The van der Waals surface area contributed by atoms with Crippen LogP contribution in [0, 0.1) is 18.3 Å². The molecule has 2 amide bonds. The van der Waals surface area contributed by atoms with Crippen LogP contribution in [0.3, 0.4) is 0 Å². The monoisotopic (exact) mass is 572 g/mol. The van der Waals surface area contributed by atoms with Crippen molar-refractivity contribution in [3.05, 3.63) is 111 Å². The van der Waals surface area contributed by atoms with Crippen LogP contribution < -0.4 is 20.7 Å². The zero-order valence-corrected chi connectivity index (χ0v) is 24.0. The molecule has 0 aliphatic carbocycles. The summed E-state index contributed by atoms with van der Waals surface area (Å²) >= 11 is 7.39. The van der Waals surface area contributed by atoms with Crippen LogP contribution in [0.2, 0.25) is 5.02 Å². The average Bonchev–Trinajstić information content (AvgIpc) is 2.94. The first-order chi connectivity index (χ1) is 19.3. The van der Waals surface area contributed by atoms with Gasteiger partial charge in [0.15, 0.2) is 0 Å². The molecule has 3 aromatic carbocycles. The smallest absolute Gasteiger partial charge is 0.254 e. The van der Waals surface area contributed by atoms with Crippen LogP contribution in [0.4, 0.5) is 11.4 Å². The lowest BCUT2D eigenvalue weighted by Crippen LogP contribution is -2.31. The number of para-hydroxylation sites is 2. The van der Waals surface area contributed by atoms with E-state index in [-0.39, 0.29) is 17.6 Å². The summed E-state index contributed by atoms with van der Waals surface area (Å²) < 4.78 is 5.89. The second-order valence-corrected chi connectivity index (χ2v) is 10.4. The summed E-state index contributed by atoms with van der Waals surface area (Å²) in [5, 5.41) is 20.4. The van der Waals surface area contributed by atoms with E-state index < -0.39 is 5.92 Å². The Labute approximate surface area is 243 Å². The van der Waals surface area contributed by atoms with Crippen molar-refractivity contribution in [2.45, 2.75) is 26.7 Å². The fourth-order valence-electron chi connectivity index (χ4n) is 4.37. The second-order valence-electron chi connectivity index (χ2n) is 9.04. The lowest BCUT2D eigenvalue weighted by Gasteiger charge is -2.30. The number of nitriles is 1. The quantitative estimate of drug-likeness (QED) is 0.262. The van der Waals surface area contributed by atoms with Gasteiger partial charge in [-0.05, 0) is 56.7 Å². The summed E-state index contributed by atoms with van der Waals surface area (Å²) in [5.41, 5.74) is 4.14. The maximum absolute atomic E-state index is 13.7. The number of hydrogen-bond donors (Lipinski definition) is 3. The minimum Gasteiger partial charge on any atom is -0.494 e. The van der Waals surface area contributed by atoms with Gasteiger partial charge in [-0.1, -0.05) is 65.8 Å². The number of carbonyl (C=O) groups excluding carboxylic acids is 2. The molecule has 0 spiro atoms. The van der Waals surface area contributed by atoms with Gasteiger partial charge < -0.3 is 20.7 Å². The number of ether oxygens (including phenoxy) is 1. The van der Waals surface area contributed by atoms with Crippen molar-refractivity contribution in [1.29, 1.82) is 5.26 Å². The van der Waals surface area contributed by atoms with E-state index in [1.54, 1.807) is 31.2 Å². The fourth-order valence-corrected chi connectivity index (χ4v) is 5.44. The third-order valence-electron chi connectivity index (χ3n) is 6.26. The van der Waals surface area contributed by atoms with E-state index in [0.29, 0.717) is 56.2 Å². The topological polar surface area (TPSA) is 103 Å². The Balaban J connectivity index is 1.67. The number of anilines is 2. The number of dihydropyridines is 1. The number of halogens is 1. The summed E-state index contributed by atoms with van der Waals surface area (Å²) in [6, 6.07) is 24.1. The molecular formula is C31H29ClN4O3S. The van der Waals surface area contributed by atoms with Crippen molar-refractivity contribution < 1.29 is 14.3 Å². The molecule has 4 rings (SSSR count). The first kappa shape index (κ1) is 28.8. The molecule has 9 heteroatoms. The summed E-state index contributed by atoms with van der Waals surface area (Å²) in [6.07, 6.45) is 0. The molecule has 1 heterocycles. The number of aryl methyl sites for hydroxylation is 1. The lowest BCUT2D eigenvalue weighted by atomic mass is 9.81. The van der Waals surface area contributed by atoms with Crippen molar-refractivity contribution in [2.75, 3.05) is 23.0 Å². The van der Waals surface area contributed by atoms with Crippen molar-refractivity contribution >= 4 is 46.6 Å². The second kappa shape index (κ2) is 13.2. The SMILES string of the molecule is CCOc1ccccc1[C@@H]1C(C#N)=C(SCC(=O)Nc2ccc(C)c(Cl)c2)NC(C)=C1C(=O)Nc1ccccc1. The Hall–Kier alpha value is -4.19. The predicted octanol–water partition coefficient (Wildman–Crippen LogP) is 6.75. The molecule has 0 unspecified atom stereocenters. The first-order valence-electron chi connectivity index (χ1n) is 12.7. The molecule has 40 heavy (non-hydrogen) atoms. The summed E-state index contributed by atoms with van der Waals surface area (Å²) in [6.45, 7) is 5.98. The van der Waals surface area contributed by atoms with Gasteiger partial charge in [0.05, 0.1) is 34.9 Å². The predicted molar refractivity (Wildman–Crippen MR) is 161 cm³/mol. The molecule has 3 aromatic rings. The lowest BCUT2D eigenvalue weighted by molar-refractivity contribution is -0.114. The molecule has 0 saturated carbocycles. The molecule has 0 fully saturated rings. The zero-order valence-electron chi connectivity index (χ0n) is 22.4. The highest BCUT2D eigenvalue weighted by Crippen LogP contribution is 2.44. The number of nitrogens with one attached hydrogen (secondary N) is 3. The van der Waals surface area contributed by atoms with Gasteiger partial charge in [0, 0.05) is 33.2 Å². The van der Waals surface area contributed by atoms with E-state index in [1.165, 1.54) is 11.8 Å². The molecular weight excluding hydrogens is 544 g/mol. The first-order valence-corrected chi connectivity index (χ1v) is 14.1. The number of thioether (sulfide) groups is 1. The van der Waals surface area contributed by atoms with E-state index >= 15 is 0 Å². The number of amides is 2. The van der Waals surface area contributed by atoms with Crippen LogP contribution in [-0.4, -0.2) is 24.2 Å². The number of benzene rings is 3. The van der Waals surface area contributed by atoms with Crippen LogP contribution in [0.1, 0.15) is 30.9 Å². The summed E-state index contributed by atoms with van der Waals surface area (Å²) in [5.74, 6) is -0.673. The fraction of sp³-hybridized carbons (Fsp3) is 0.194. The zero-order chi connectivity index (χ0) is 28.6. The Morgan fingerprint density at radius 2 is 1.75 bits per heavy atom. The number of allylic oxidation sites excluding steroid dienone is 2. The molecule has 204 valence electrons. The van der Waals surface area contributed by atoms with Gasteiger partial charge in [-0.15, -0.1) is 0 Å². The van der Waals surface area contributed by atoms with Gasteiger partial charge in [-0.2, -0.15) is 5.26 Å². The van der Waals surface area contributed by atoms with Crippen LogP contribution >= 0.6 is 23.4 Å². The van der Waals surface area contributed by atoms with Gasteiger partial charge in [0.1, 0.15) is 5.75 Å². The van der Waals surface area contributed by atoms with Gasteiger partial charge in [0.25, 0.3) is 5.91 Å². The van der Waals surface area contributed by atoms with E-state index in [0.717, 1.165) is 5.56 Å². The highest BCUT2D eigenvalue weighted by Gasteiger charge is 2.36. The molecule has 0 bridgehead atoms. The Bertz CT molecular complexity index is 1530. The number of hydrogen-bond acceptors (Lipinski definition) is 6. The van der Waals surface area contributed by atoms with Crippen LogP contribution in [-0.2, 0) is 9.59 Å². The molecule has 0 aromatic heterocycles. The third kappa shape index (κ3) is 6.68.